The van der Waals surface area contributed by atoms with Crippen molar-refractivity contribution in [2.45, 2.75) is 36.6 Å². The predicted molar refractivity (Wildman–Crippen MR) is 69.5 cm³/mol. The Morgan fingerprint density at radius 3 is 1.95 bits per heavy atom. The zero-order chi connectivity index (χ0) is 14.7. The first-order valence-corrected chi connectivity index (χ1v) is 9.57. The van der Waals surface area contributed by atoms with E-state index >= 15 is 0 Å². The summed E-state index contributed by atoms with van der Waals surface area (Å²) in [6, 6.07) is -0.0889. The van der Waals surface area contributed by atoms with Crippen molar-refractivity contribution in [1.82, 2.24) is 0 Å². The lowest BCUT2D eigenvalue weighted by Crippen LogP contribution is -3.00. The summed E-state index contributed by atoms with van der Waals surface area (Å²) in [5.74, 6) is -0.0241. The number of piperidine rings is 1. The topological polar surface area (TPSA) is 115 Å². The van der Waals surface area contributed by atoms with E-state index in [1.807, 2.05) is 14.1 Å². The van der Waals surface area contributed by atoms with E-state index in [4.69, 9.17) is 0 Å². The number of likely N-dealkylation sites (tertiary alicyclic amines) is 1. The molecule has 1 aliphatic carbocycles. The molecule has 2 fully saturated rings. The van der Waals surface area contributed by atoms with E-state index < -0.39 is 20.1 Å². The number of quaternary nitrogens is 1. The van der Waals surface area contributed by atoms with Crippen LogP contribution in [0.1, 0.15) is 25.7 Å². The Labute approximate surface area is 135 Å². The Balaban J connectivity index is 0.00000200. The summed E-state index contributed by atoms with van der Waals surface area (Å²) >= 11 is 0. The Morgan fingerprint density at radius 2 is 1.55 bits per heavy atom. The molecule has 0 radical (unpaired) electrons. The van der Waals surface area contributed by atoms with Gasteiger partial charge >= 0.3 is 15.2 Å². The molecule has 0 bridgehead atoms. The van der Waals surface area contributed by atoms with Crippen LogP contribution in [0, 0.1) is 5.92 Å². The number of rotatable bonds is 2. The normalized spacial score (nSPS) is 32.3. The van der Waals surface area contributed by atoms with Crippen molar-refractivity contribution in [3.05, 3.63) is 0 Å². The van der Waals surface area contributed by atoms with Gasteiger partial charge in [0.15, 0.2) is 4.90 Å². The molecule has 0 aromatic rings. The van der Waals surface area contributed by atoms with Crippen LogP contribution < -0.4 is 24.0 Å². The van der Waals surface area contributed by atoms with Gasteiger partial charge in [-0.05, 0) is 19.3 Å². The summed E-state index contributed by atoms with van der Waals surface area (Å²) < 4.78 is 24.1. The SMILES string of the molecule is C[N+]1(C)CCC[C@@H]2CC(P(=O)(O)O)(P(=O)(O)O)C[C@@H]21.[I-]. The van der Waals surface area contributed by atoms with Crippen molar-refractivity contribution in [2.24, 2.45) is 5.92 Å². The molecule has 1 heterocycles. The molecule has 0 unspecified atom stereocenters. The Bertz CT molecular complexity index is 450. The lowest BCUT2D eigenvalue weighted by molar-refractivity contribution is -0.923. The summed E-state index contributed by atoms with van der Waals surface area (Å²) in [5.41, 5.74) is 0. The van der Waals surface area contributed by atoms with Gasteiger partial charge in [0.1, 0.15) is 0 Å². The van der Waals surface area contributed by atoms with E-state index in [9.17, 15) is 28.7 Å². The maximum absolute atomic E-state index is 11.8. The van der Waals surface area contributed by atoms with Crippen LogP contribution in [-0.4, -0.2) is 55.6 Å². The van der Waals surface area contributed by atoms with Crippen LogP contribution in [0.4, 0.5) is 0 Å². The molecular weight excluding hydrogens is 419 g/mol. The predicted octanol–water partition coefficient (Wildman–Crippen LogP) is -2.31. The van der Waals surface area contributed by atoms with Gasteiger partial charge in [0.25, 0.3) is 0 Å². The van der Waals surface area contributed by atoms with E-state index in [0.717, 1.165) is 19.4 Å². The largest absolute Gasteiger partial charge is 1.00 e. The molecule has 0 aromatic heterocycles. The standard InChI is InChI=1S/C10H21NO6P2.HI/c1-11(2)5-3-4-8-6-10(7-9(8)11,18(12,13)14)19(15,16)17;/h8-9H,3-7H2,1-2H3,(H3-,12,13,14,15,16,17);1H/t8-,9+;/m1./s1. The van der Waals surface area contributed by atoms with Crippen LogP contribution in [0.5, 0.6) is 0 Å². The molecule has 0 spiro atoms. The third-order valence-electron chi connectivity index (χ3n) is 4.96. The molecule has 4 N–H and O–H groups in total. The van der Waals surface area contributed by atoms with E-state index in [0.29, 0.717) is 4.48 Å². The molecular formula is C10H22INO6P2. The highest BCUT2D eigenvalue weighted by Gasteiger charge is 2.68. The average Bonchev–Trinajstić information content (AvgIpc) is 2.57. The van der Waals surface area contributed by atoms with Crippen molar-refractivity contribution >= 4 is 15.2 Å². The number of halogens is 1. The van der Waals surface area contributed by atoms with E-state index in [-0.39, 0.29) is 48.8 Å². The number of hydrogen-bond donors (Lipinski definition) is 4. The third kappa shape index (κ3) is 2.91. The first-order chi connectivity index (χ1) is 8.41. The van der Waals surface area contributed by atoms with Gasteiger partial charge < -0.3 is 48.0 Å². The summed E-state index contributed by atoms with van der Waals surface area (Å²) in [5, 5.41) is 0. The van der Waals surface area contributed by atoms with Gasteiger partial charge in [0, 0.05) is 12.3 Å². The van der Waals surface area contributed by atoms with Gasteiger partial charge in [0.2, 0.25) is 0 Å². The molecule has 0 aromatic carbocycles. The fourth-order valence-corrected chi connectivity index (χ4v) is 6.98. The van der Waals surface area contributed by atoms with E-state index in [2.05, 4.69) is 0 Å². The van der Waals surface area contributed by atoms with Crippen LogP contribution in [-0.2, 0) is 9.13 Å². The first kappa shape index (κ1) is 19.0. The van der Waals surface area contributed by atoms with Crippen LogP contribution in [0.3, 0.4) is 0 Å². The minimum absolute atomic E-state index is 0. The number of hydrogen-bond acceptors (Lipinski definition) is 2. The molecule has 120 valence electrons. The first-order valence-electron chi connectivity index (χ1n) is 6.35. The van der Waals surface area contributed by atoms with Gasteiger partial charge in [-0.3, -0.25) is 9.13 Å². The zero-order valence-corrected chi connectivity index (χ0v) is 15.5. The minimum atomic E-state index is -4.87. The summed E-state index contributed by atoms with van der Waals surface area (Å²) in [4.78, 5) is 36.0. The fraction of sp³-hybridized carbons (Fsp3) is 1.00. The van der Waals surface area contributed by atoms with Crippen LogP contribution >= 0.6 is 15.2 Å². The quantitative estimate of drug-likeness (QED) is 0.218. The second-order valence-electron chi connectivity index (χ2n) is 6.45. The average molecular weight is 441 g/mol. The van der Waals surface area contributed by atoms with Crippen molar-refractivity contribution < 1.29 is 57.2 Å². The number of nitrogens with zero attached hydrogens (tertiary/aromatic N) is 1. The smallest absolute Gasteiger partial charge is 0.344 e. The summed E-state index contributed by atoms with van der Waals surface area (Å²) in [7, 11) is -5.81. The summed E-state index contributed by atoms with van der Waals surface area (Å²) in [6.45, 7) is 0.875. The van der Waals surface area contributed by atoms with Gasteiger partial charge in [-0.25, -0.2) is 0 Å². The Hall–Kier alpha value is 0.990. The van der Waals surface area contributed by atoms with Crippen molar-refractivity contribution in [2.75, 3.05) is 20.6 Å². The molecule has 1 saturated heterocycles. The monoisotopic (exact) mass is 441 g/mol. The molecule has 0 amide bonds. The molecule has 2 rings (SSSR count). The maximum Gasteiger partial charge on any atom is 0.344 e. The molecule has 1 saturated carbocycles. The third-order valence-corrected chi connectivity index (χ3v) is 9.42. The number of fused-ring (bicyclic) bond motifs is 1. The molecule has 7 nitrogen and oxygen atoms in total. The zero-order valence-electron chi connectivity index (χ0n) is 11.5. The van der Waals surface area contributed by atoms with Crippen LogP contribution in [0.25, 0.3) is 0 Å². The van der Waals surface area contributed by atoms with Crippen molar-refractivity contribution in [1.29, 1.82) is 0 Å². The van der Waals surface area contributed by atoms with Crippen molar-refractivity contribution in [3.8, 4) is 0 Å². The molecule has 2 aliphatic rings. The second kappa shape index (κ2) is 5.57. The second-order valence-corrected chi connectivity index (χ2v) is 10.7. The highest BCUT2D eigenvalue weighted by Crippen LogP contribution is 2.76. The van der Waals surface area contributed by atoms with Crippen LogP contribution in [0.15, 0.2) is 0 Å². The lowest BCUT2D eigenvalue weighted by Gasteiger charge is -2.43. The Morgan fingerprint density at radius 1 is 1.05 bits per heavy atom. The van der Waals surface area contributed by atoms with Gasteiger partial charge in [-0.2, -0.15) is 0 Å². The van der Waals surface area contributed by atoms with Gasteiger partial charge in [0.05, 0.1) is 26.7 Å². The fourth-order valence-electron chi connectivity index (χ4n) is 3.83. The molecule has 1 aliphatic heterocycles. The minimum Gasteiger partial charge on any atom is -1.00 e. The van der Waals surface area contributed by atoms with Crippen molar-refractivity contribution in [3.63, 3.8) is 0 Å². The Kier molecular flexibility index (Phi) is 5.30. The molecule has 2 atom stereocenters. The molecule has 20 heavy (non-hydrogen) atoms. The van der Waals surface area contributed by atoms with Crippen LogP contribution in [0.2, 0.25) is 0 Å². The van der Waals surface area contributed by atoms with E-state index in [1.165, 1.54) is 0 Å². The van der Waals surface area contributed by atoms with Gasteiger partial charge in [-0.15, -0.1) is 0 Å². The van der Waals surface area contributed by atoms with Gasteiger partial charge in [-0.1, -0.05) is 0 Å². The van der Waals surface area contributed by atoms with E-state index in [1.54, 1.807) is 0 Å². The maximum atomic E-state index is 11.8. The molecule has 10 heteroatoms. The summed E-state index contributed by atoms with van der Waals surface area (Å²) in [6.07, 6.45) is 1.54. The highest BCUT2D eigenvalue weighted by atomic mass is 127. The highest BCUT2D eigenvalue weighted by molar-refractivity contribution is 7.72. The lowest BCUT2D eigenvalue weighted by atomic mass is 9.90.